The summed E-state index contributed by atoms with van der Waals surface area (Å²) >= 11 is 0. The maximum Gasteiger partial charge on any atom is 0.189 e. The van der Waals surface area contributed by atoms with Gasteiger partial charge in [-0.2, -0.15) is 0 Å². The van der Waals surface area contributed by atoms with Crippen molar-refractivity contribution in [3.8, 4) is 0 Å². The van der Waals surface area contributed by atoms with E-state index in [9.17, 15) is 4.39 Å². The molecule has 0 fully saturated rings. The van der Waals surface area contributed by atoms with Crippen molar-refractivity contribution < 1.29 is 9.13 Å². The summed E-state index contributed by atoms with van der Waals surface area (Å²) in [5.74, 6) is 0.112. The van der Waals surface area contributed by atoms with Gasteiger partial charge in [0.1, 0.15) is 5.82 Å². The molecule has 0 bridgehead atoms. The molecule has 106 valence electrons. The zero-order chi connectivity index (χ0) is 14.5. The molecule has 0 aliphatic heterocycles. The Morgan fingerprint density at radius 2 is 2.11 bits per heavy atom. The largest absolute Gasteiger partial charge is 0.380 e. The van der Waals surface area contributed by atoms with Gasteiger partial charge in [-0.1, -0.05) is 6.07 Å². The van der Waals surface area contributed by atoms with Crippen LogP contribution >= 0.6 is 0 Å². The van der Waals surface area contributed by atoms with Gasteiger partial charge >= 0.3 is 0 Å². The molecule has 1 aromatic carbocycles. The van der Waals surface area contributed by atoms with E-state index in [1.54, 1.807) is 12.1 Å². The molecular formula is C14H22FN3O. The van der Waals surface area contributed by atoms with Gasteiger partial charge in [0.05, 0.1) is 13.2 Å². The molecule has 1 aromatic rings. The highest BCUT2D eigenvalue weighted by Crippen LogP contribution is 2.12. The lowest BCUT2D eigenvalue weighted by atomic mass is 10.1. The molecule has 0 spiro atoms. The third-order valence-corrected chi connectivity index (χ3v) is 2.35. The average molecular weight is 267 g/mol. The van der Waals surface area contributed by atoms with Gasteiger partial charge in [-0.05, 0) is 38.5 Å². The van der Waals surface area contributed by atoms with Gasteiger partial charge in [0.15, 0.2) is 5.96 Å². The molecule has 0 unspecified atom stereocenters. The second-order valence-electron chi connectivity index (χ2n) is 5.44. The number of ether oxygens (including phenoxy) is 1. The van der Waals surface area contributed by atoms with E-state index in [0.29, 0.717) is 18.1 Å². The Bertz CT molecular complexity index is 452. The third kappa shape index (κ3) is 5.70. The first-order chi connectivity index (χ1) is 8.81. The lowest BCUT2D eigenvalue weighted by Crippen LogP contribution is -2.44. The van der Waals surface area contributed by atoms with E-state index >= 15 is 0 Å². The van der Waals surface area contributed by atoms with Crippen LogP contribution < -0.4 is 11.1 Å². The summed E-state index contributed by atoms with van der Waals surface area (Å²) in [6, 6.07) is 4.86. The van der Waals surface area contributed by atoms with Gasteiger partial charge < -0.3 is 15.8 Å². The first-order valence-electron chi connectivity index (χ1n) is 6.16. The number of guanidine groups is 1. The number of nitrogens with two attached hydrogens (primary N) is 1. The molecular weight excluding hydrogens is 245 g/mol. The Kier molecular flexibility index (Phi) is 5.30. The van der Waals surface area contributed by atoms with Crippen LogP contribution in [0.5, 0.6) is 0 Å². The Morgan fingerprint density at radius 1 is 1.42 bits per heavy atom. The van der Waals surface area contributed by atoms with E-state index in [1.165, 1.54) is 13.2 Å². The van der Waals surface area contributed by atoms with Crippen molar-refractivity contribution >= 4 is 5.96 Å². The topological polar surface area (TPSA) is 59.6 Å². The van der Waals surface area contributed by atoms with Gasteiger partial charge in [-0.25, -0.2) is 9.38 Å². The van der Waals surface area contributed by atoms with Crippen LogP contribution in [0, 0.1) is 5.82 Å². The molecule has 5 heteroatoms. The van der Waals surface area contributed by atoms with Crippen molar-refractivity contribution in [2.75, 3.05) is 7.11 Å². The number of hydrogen-bond acceptors (Lipinski definition) is 2. The number of aliphatic imine (C=N–C) groups is 1. The molecule has 0 aromatic heterocycles. The summed E-state index contributed by atoms with van der Waals surface area (Å²) < 4.78 is 18.4. The van der Waals surface area contributed by atoms with Crippen molar-refractivity contribution in [2.24, 2.45) is 10.7 Å². The summed E-state index contributed by atoms with van der Waals surface area (Å²) in [7, 11) is 1.54. The van der Waals surface area contributed by atoms with Crippen LogP contribution in [-0.4, -0.2) is 18.6 Å². The van der Waals surface area contributed by atoms with Crippen LogP contribution in [0.15, 0.2) is 23.2 Å². The molecule has 0 radical (unpaired) electrons. The molecule has 4 nitrogen and oxygen atoms in total. The number of hydrogen-bond donors (Lipinski definition) is 2. The summed E-state index contributed by atoms with van der Waals surface area (Å²) in [5, 5.41) is 3.07. The third-order valence-electron chi connectivity index (χ3n) is 2.35. The fraction of sp³-hybridized carbons (Fsp3) is 0.500. The molecule has 0 heterocycles. The number of nitrogens with zero attached hydrogens (tertiary/aromatic N) is 1. The van der Waals surface area contributed by atoms with Gasteiger partial charge in [0.25, 0.3) is 0 Å². The van der Waals surface area contributed by atoms with Gasteiger partial charge in [-0.15, -0.1) is 0 Å². The monoisotopic (exact) mass is 267 g/mol. The predicted molar refractivity (Wildman–Crippen MR) is 75.3 cm³/mol. The molecule has 0 aliphatic carbocycles. The van der Waals surface area contributed by atoms with Crippen molar-refractivity contribution in [1.82, 2.24) is 5.32 Å². The van der Waals surface area contributed by atoms with E-state index in [4.69, 9.17) is 10.5 Å². The first kappa shape index (κ1) is 15.4. The molecule has 0 saturated heterocycles. The second kappa shape index (κ2) is 6.52. The number of methoxy groups -OCH3 is 1. The summed E-state index contributed by atoms with van der Waals surface area (Å²) in [4.78, 5) is 4.23. The molecule has 0 amide bonds. The highest BCUT2D eigenvalue weighted by molar-refractivity contribution is 5.78. The lowest BCUT2D eigenvalue weighted by Gasteiger charge is -2.21. The van der Waals surface area contributed by atoms with E-state index < -0.39 is 0 Å². The van der Waals surface area contributed by atoms with Gasteiger partial charge in [-0.3, -0.25) is 0 Å². The molecule has 1 rings (SSSR count). The molecule has 3 N–H and O–H groups in total. The zero-order valence-electron chi connectivity index (χ0n) is 12.0. The second-order valence-corrected chi connectivity index (χ2v) is 5.44. The maximum atomic E-state index is 13.4. The van der Waals surface area contributed by atoms with E-state index in [0.717, 1.165) is 5.56 Å². The normalized spacial score (nSPS) is 12.6. The highest BCUT2D eigenvalue weighted by atomic mass is 19.1. The maximum absolute atomic E-state index is 13.4. The summed E-state index contributed by atoms with van der Waals surface area (Å²) in [6.45, 7) is 6.67. The van der Waals surface area contributed by atoms with Gasteiger partial charge in [0, 0.05) is 18.2 Å². The van der Waals surface area contributed by atoms with Crippen molar-refractivity contribution in [2.45, 2.75) is 39.5 Å². The minimum Gasteiger partial charge on any atom is -0.380 e. The average Bonchev–Trinajstić information content (AvgIpc) is 2.28. The Balaban J connectivity index is 2.72. The fourth-order valence-electron chi connectivity index (χ4n) is 1.59. The number of halogens is 1. The van der Waals surface area contributed by atoms with Crippen LogP contribution in [0.25, 0.3) is 0 Å². The fourth-order valence-corrected chi connectivity index (χ4v) is 1.59. The molecule has 0 saturated carbocycles. The van der Waals surface area contributed by atoms with Crippen molar-refractivity contribution in [3.05, 3.63) is 35.1 Å². The highest BCUT2D eigenvalue weighted by Gasteiger charge is 2.09. The van der Waals surface area contributed by atoms with Crippen molar-refractivity contribution in [1.29, 1.82) is 0 Å². The van der Waals surface area contributed by atoms with E-state index in [-0.39, 0.29) is 18.0 Å². The number of benzene rings is 1. The van der Waals surface area contributed by atoms with E-state index in [2.05, 4.69) is 10.3 Å². The van der Waals surface area contributed by atoms with Crippen LogP contribution in [0.2, 0.25) is 0 Å². The Labute approximate surface area is 113 Å². The number of nitrogens with one attached hydrogen (secondary N) is 1. The quantitative estimate of drug-likeness (QED) is 0.649. The molecule has 19 heavy (non-hydrogen) atoms. The minimum atomic E-state index is -0.268. The Morgan fingerprint density at radius 3 is 2.68 bits per heavy atom. The zero-order valence-corrected chi connectivity index (χ0v) is 12.0. The van der Waals surface area contributed by atoms with E-state index in [1.807, 2.05) is 20.8 Å². The van der Waals surface area contributed by atoms with Crippen LogP contribution in [0.1, 0.15) is 31.9 Å². The number of rotatable bonds is 4. The molecule has 0 atom stereocenters. The van der Waals surface area contributed by atoms with Crippen LogP contribution in [0.3, 0.4) is 0 Å². The minimum absolute atomic E-state index is 0.127. The Hall–Kier alpha value is -1.62. The predicted octanol–water partition coefficient (Wildman–Crippen LogP) is 2.17. The van der Waals surface area contributed by atoms with Gasteiger partial charge in [0.2, 0.25) is 0 Å². The van der Waals surface area contributed by atoms with Crippen LogP contribution in [0.4, 0.5) is 4.39 Å². The molecule has 0 aliphatic rings. The summed E-state index contributed by atoms with van der Waals surface area (Å²) in [6.07, 6.45) is 0. The smallest absolute Gasteiger partial charge is 0.189 e. The SMILES string of the molecule is COCc1cc(CN=C(N)NC(C)(C)C)ccc1F. The van der Waals surface area contributed by atoms with Crippen LogP contribution in [-0.2, 0) is 17.9 Å². The first-order valence-corrected chi connectivity index (χ1v) is 6.16. The summed E-state index contributed by atoms with van der Waals surface area (Å²) in [5.41, 5.74) is 7.07. The van der Waals surface area contributed by atoms with Crippen molar-refractivity contribution in [3.63, 3.8) is 0 Å². The lowest BCUT2D eigenvalue weighted by molar-refractivity contribution is 0.181. The standard InChI is InChI=1S/C14H22FN3O/c1-14(2,3)18-13(16)17-8-10-5-6-12(15)11(7-10)9-19-4/h5-7H,8-9H2,1-4H3,(H3,16,17,18).